The number of ether oxygens (including phenoxy) is 1. The summed E-state index contributed by atoms with van der Waals surface area (Å²) in [5.41, 5.74) is 12.6. The first-order valence-corrected chi connectivity index (χ1v) is 8.78. The summed E-state index contributed by atoms with van der Waals surface area (Å²) in [5.74, 6) is 1.39. The Balaban J connectivity index is 2.14. The minimum Gasteiger partial charge on any atom is -0.492 e. The van der Waals surface area contributed by atoms with Gasteiger partial charge in [0.25, 0.3) is 0 Å². The number of benzene rings is 1. The van der Waals surface area contributed by atoms with Crippen molar-refractivity contribution in [2.75, 3.05) is 11.5 Å². The molecule has 7 heteroatoms. The molecule has 1 saturated carbocycles. The van der Waals surface area contributed by atoms with Gasteiger partial charge in [0.05, 0.1) is 6.61 Å². The minimum absolute atomic E-state index is 0.255. The molecule has 0 bridgehead atoms. The van der Waals surface area contributed by atoms with Crippen LogP contribution in [0.2, 0.25) is 0 Å². The summed E-state index contributed by atoms with van der Waals surface area (Å²) in [6.45, 7) is 2.54. The molecule has 1 aromatic rings. The first-order chi connectivity index (χ1) is 11.1. The van der Waals surface area contributed by atoms with Gasteiger partial charge in [-0.3, -0.25) is 4.90 Å². The summed E-state index contributed by atoms with van der Waals surface area (Å²) >= 11 is 3.63. The van der Waals surface area contributed by atoms with Gasteiger partial charge in [0, 0.05) is 4.47 Å². The van der Waals surface area contributed by atoms with Crippen molar-refractivity contribution in [2.45, 2.75) is 44.7 Å². The number of aliphatic imine (C=N–C) groups is 2. The zero-order valence-electron chi connectivity index (χ0n) is 13.3. The van der Waals surface area contributed by atoms with Crippen molar-refractivity contribution in [1.82, 2.24) is 0 Å². The minimum atomic E-state index is -0.468. The van der Waals surface area contributed by atoms with E-state index in [1.54, 1.807) is 0 Å². The second-order valence-electron chi connectivity index (χ2n) is 5.84. The second kappa shape index (κ2) is 6.39. The van der Waals surface area contributed by atoms with Crippen LogP contribution in [0.3, 0.4) is 0 Å². The number of halogens is 1. The van der Waals surface area contributed by atoms with E-state index in [9.17, 15) is 0 Å². The Morgan fingerprint density at radius 2 is 2.00 bits per heavy atom. The fourth-order valence-electron chi connectivity index (χ4n) is 3.43. The summed E-state index contributed by atoms with van der Waals surface area (Å²) in [5, 5.41) is 0. The number of rotatable bonds is 3. The third-order valence-corrected chi connectivity index (χ3v) is 4.96. The third-order valence-electron chi connectivity index (χ3n) is 4.32. The van der Waals surface area contributed by atoms with Gasteiger partial charge < -0.3 is 16.2 Å². The third kappa shape index (κ3) is 2.89. The topological polar surface area (TPSA) is 89.2 Å². The number of nitrogens with zero attached hydrogens (tertiary/aromatic N) is 3. The van der Waals surface area contributed by atoms with Gasteiger partial charge in [0.15, 0.2) is 0 Å². The Hall–Kier alpha value is -1.76. The smallest absolute Gasteiger partial charge is 0.220 e. The molecule has 0 atom stereocenters. The normalized spacial score (nSPS) is 20.2. The predicted molar refractivity (Wildman–Crippen MR) is 96.9 cm³/mol. The van der Waals surface area contributed by atoms with Crippen LogP contribution >= 0.6 is 15.9 Å². The van der Waals surface area contributed by atoms with Crippen LogP contribution in [0.25, 0.3) is 0 Å². The maximum Gasteiger partial charge on any atom is 0.220 e. The molecule has 0 radical (unpaired) electrons. The summed E-state index contributed by atoms with van der Waals surface area (Å²) in [6.07, 6.45) is 5.19. The largest absolute Gasteiger partial charge is 0.492 e. The second-order valence-corrected chi connectivity index (χ2v) is 6.69. The van der Waals surface area contributed by atoms with E-state index in [0.717, 1.165) is 41.6 Å². The van der Waals surface area contributed by atoms with E-state index in [1.807, 2.05) is 30.0 Å². The van der Waals surface area contributed by atoms with Gasteiger partial charge in [-0.1, -0.05) is 12.5 Å². The Kier molecular flexibility index (Phi) is 4.48. The van der Waals surface area contributed by atoms with Gasteiger partial charge in [-0.05, 0) is 60.7 Å². The van der Waals surface area contributed by atoms with Crippen molar-refractivity contribution >= 4 is 33.5 Å². The van der Waals surface area contributed by atoms with Crippen molar-refractivity contribution in [3.05, 3.63) is 22.7 Å². The number of hydrogen-bond acceptors (Lipinski definition) is 6. The Bertz CT molecular complexity index is 652. The Morgan fingerprint density at radius 1 is 1.26 bits per heavy atom. The highest BCUT2D eigenvalue weighted by Crippen LogP contribution is 2.45. The fourth-order valence-corrected chi connectivity index (χ4v) is 3.95. The number of anilines is 1. The molecule has 4 N–H and O–H groups in total. The molecule has 1 heterocycles. The lowest BCUT2D eigenvalue weighted by molar-refractivity contribution is 0.298. The molecule has 0 aromatic heterocycles. The van der Waals surface area contributed by atoms with E-state index >= 15 is 0 Å². The highest BCUT2D eigenvalue weighted by Gasteiger charge is 2.44. The molecule has 1 fully saturated rings. The molecule has 0 saturated heterocycles. The van der Waals surface area contributed by atoms with Crippen LogP contribution < -0.4 is 21.1 Å². The zero-order chi connectivity index (χ0) is 16.4. The summed E-state index contributed by atoms with van der Waals surface area (Å²) in [6, 6.07) is 5.86. The molecule has 1 aliphatic carbocycles. The maximum absolute atomic E-state index is 6.28. The summed E-state index contributed by atoms with van der Waals surface area (Å²) < 4.78 is 6.72. The molecule has 0 unspecified atom stereocenters. The van der Waals surface area contributed by atoms with Crippen molar-refractivity contribution in [1.29, 1.82) is 0 Å². The lowest BCUT2D eigenvalue weighted by Gasteiger charge is -2.46. The van der Waals surface area contributed by atoms with E-state index in [0.29, 0.717) is 12.6 Å². The molecular formula is C16H22BrN5O. The van der Waals surface area contributed by atoms with Crippen molar-refractivity contribution in [3.8, 4) is 5.75 Å². The number of hydrogen-bond donors (Lipinski definition) is 2. The Labute approximate surface area is 144 Å². The van der Waals surface area contributed by atoms with Crippen LogP contribution in [0.5, 0.6) is 5.75 Å². The molecular weight excluding hydrogens is 358 g/mol. The van der Waals surface area contributed by atoms with Crippen LogP contribution in [-0.4, -0.2) is 24.2 Å². The number of nitrogens with two attached hydrogens (primary N) is 2. The zero-order valence-corrected chi connectivity index (χ0v) is 14.8. The van der Waals surface area contributed by atoms with Crippen LogP contribution in [0.1, 0.15) is 39.0 Å². The predicted octanol–water partition coefficient (Wildman–Crippen LogP) is 2.96. The highest BCUT2D eigenvalue weighted by atomic mass is 79.9. The number of guanidine groups is 2. The van der Waals surface area contributed by atoms with Crippen LogP contribution in [0.15, 0.2) is 32.7 Å². The lowest BCUT2D eigenvalue weighted by atomic mass is 9.87. The fraction of sp³-hybridized carbons (Fsp3) is 0.500. The van der Waals surface area contributed by atoms with Gasteiger partial charge >= 0.3 is 0 Å². The van der Waals surface area contributed by atoms with E-state index in [4.69, 9.17) is 21.2 Å². The van der Waals surface area contributed by atoms with E-state index < -0.39 is 5.66 Å². The molecule has 1 aliphatic heterocycles. The van der Waals surface area contributed by atoms with Crippen LogP contribution in [0, 0.1) is 0 Å². The first kappa shape index (κ1) is 16.1. The van der Waals surface area contributed by atoms with E-state index in [2.05, 4.69) is 20.9 Å². The Morgan fingerprint density at radius 3 is 2.70 bits per heavy atom. The summed E-state index contributed by atoms with van der Waals surface area (Å²) in [4.78, 5) is 10.9. The molecule has 2 aliphatic rings. The monoisotopic (exact) mass is 379 g/mol. The molecule has 1 spiro atoms. The summed E-state index contributed by atoms with van der Waals surface area (Å²) in [7, 11) is 0. The van der Waals surface area contributed by atoms with Crippen LogP contribution in [-0.2, 0) is 0 Å². The maximum atomic E-state index is 6.28. The average Bonchev–Trinajstić information content (AvgIpc) is 2.50. The first-order valence-electron chi connectivity index (χ1n) is 7.98. The molecule has 124 valence electrons. The molecule has 6 nitrogen and oxygen atoms in total. The highest BCUT2D eigenvalue weighted by molar-refractivity contribution is 9.10. The van der Waals surface area contributed by atoms with Gasteiger partial charge in [-0.2, -0.15) is 4.99 Å². The molecule has 23 heavy (non-hydrogen) atoms. The van der Waals surface area contributed by atoms with Gasteiger partial charge in [0.2, 0.25) is 11.9 Å². The average molecular weight is 380 g/mol. The van der Waals surface area contributed by atoms with Crippen LogP contribution in [0.4, 0.5) is 5.69 Å². The SMILES string of the molecule is CCOc1cccc(Br)c1N1C(N)=NC(N)=NC12CCCCC2. The molecule has 3 rings (SSSR count). The van der Waals surface area contributed by atoms with Gasteiger partial charge in [0.1, 0.15) is 17.1 Å². The molecule has 1 aromatic carbocycles. The quantitative estimate of drug-likeness (QED) is 0.844. The van der Waals surface area contributed by atoms with E-state index in [1.165, 1.54) is 6.42 Å². The van der Waals surface area contributed by atoms with Gasteiger partial charge in [-0.25, -0.2) is 4.99 Å². The standard InChI is InChI=1S/C16H22BrN5O/c1-2-23-12-8-6-7-11(17)13(12)22-15(19)20-14(18)21-16(22)9-4-3-5-10-16/h6-8H,2-5,9-10H2,1H3,(H4,18,19,20,21). The lowest BCUT2D eigenvalue weighted by Crippen LogP contribution is -2.58. The van der Waals surface area contributed by atoms with Crippen molar-refractivity contribution in [3.63, 3.8) is 0 Å². The van der Waals surface area contributed by atoms with Crippen molar-refractivity contribution < 1.29 is 4.74 Å². The number of para-hydroxylation sites is 1. The van der Waals surface area contributed by atoms with Crippen molar-refractivity contribution in [2.24, 2.45) is 21.5 Å². The molecule has 0 amide bonds. The van der Waals surface area contributed by atoms with E-state index in [-0.39, 0.29) is 5.96 Å². The van der Waals surface area contributed by atoms with Gasteiger partial charge in [-0.15, -0.1) is 0 Å².